The monoisotopic (exact) mass is 480 g/mol. The van der Waals surface area contributed by atoms with Crippen LogP contribution in [0.3, 0.4) is 0 Å². The molecule has 0 radical (unpaired) electrons. The molecule has 0 heterocycles. The maximum atomic E-state index is 13.0. The first kappa shape index (κ1) is 25.5. The molecule has 0 aromatic heterocycles. The first-order valence-corrected chi connectivity index (χ1v) is 12.8. The fourth-order valence-corrected chi connectivity index (χ4v) is 3.97. The second kappa shape index (κ2) is 10.2. The molecule has 0 aliphatic rings. The zero-order chi connectivity index (χ0) is 25.9. The van der Waals surface area contributed by atoms with Gasteiger partial charge < -0.3 is 9.47 Å². The molecule has 0 spiro atoms. The topological polar surface area (TPSA) is 35.5 Å². The smallest absolute Gasteiger partial charge is 0.193 e. The van der Waals surface area contributed by atoms with Crippen molar-refractivity contribution in [2.75, 3.05) is 0 Å². The average Bonchev–Trinajstić information content (AvgIpc) is 2.88. The predicted molar refractivity (Wildman–Crippen MR) is 149 cm³/mol. The Morgan fingerprint density at radius 1 is 0.639 bits per heavy atom. The van der Waals surface area contributed by atoms with Crippen LogP contribution in [0.4, 0.5) is 0 Å². The van der Waals surface area contributed by atoms with E-state index in [9.17, 15) is 4.79 Å². The molecule has 0 unspecified atom stereocenters. The Morgan fingerprint density at radius 2 is 1.14 bits per heavy atom. The number of ketones is 1. The number of fused-ring (bicyclic) bond motifs is 1. The van der Waals surface area contributed by atoms with Crippen LogP contribution in [0.5, 0.6) is 17.2 Å². The number of rotatable bonds is 9. The van der Waals surface area contributed by atoms with Crippen molar-refractivity contribution in [1.29, 1.82) is 0 Å². The van der Waals surface area contributed by atoms with Gasteiger partial charge in [-0.05, 0) is 97.0 Å². The lowest BCUT2D eigenvalue weighted by molar-refractivity contribution is 0.103. The Kier molecular flexibility index (Phi) is 7.21. The van der Waals surface area contributed by atoms with Crippen molar-refractivity contribution in [2.45, 2.75) is 65.4 Å². The highest BCUT2D eigenvalue weighted by molar-refractivity contribution is 6.09. The van der Waals surface area contributed by atoms with Crippen LogP contribution in [0, 0.1) is 0 Å². The van der Waals surface area contributed by atoms with Gasteiger partial charge in [0.2, 0.25) is 0 Å². The van der Waals surface area contributed by atoms with Gasteiger partial charge in [0.25, 0.3) is 0 Å². The highest BCUT2D eigenvalue weighted by Gasteiger charge is 2.19. The lowest BCUT2D eigenvalue weighted by Gasteiger charge is -2.25. The number of carbonyl (C=O) groups excluding carboxylic acids is 1. The second-order valence-corrected chi connectivity index (χ2v) is 10.7. The molecule has 0 aliphatic heterocycles. The normalized spacial score (nSPS) is 11.9. The molecular weight excluding hydrogens is 444 g/mol. The highest BCUT2D eigenvalue weighted by atomic mass is 16.5. The molecule has 36 heavy (non-hydrogen) atoms. The summed E-state index contributed by atoms with van der Waals surface area (Å²) >= 11 is 0. The van der Waals surface area contributed by atoms with Gasteiger partial charge in [0.1, 0.15) is 22.8 Å². The minimum atomic E-state index is -0.195. The van der Waals surface area contributed by atoms with Crippen molar-refractivity contribution in [3.8, 4) is 17.2 Å². The second-order valence-electron chi connectivity index (χ2n) is 10.7. The van der Waals surface area contributed by atoms with Crippen LogP contribution in [0.2, 0.25) is 0 Å². The van der Waals surface area contributed by atoms with Gasteiger partial charge in [-0.25, -0.2) is 0 Å². The van der Waals surface area contributed by atoms with E-state index >= 15 is 0 Å². The molecule has 0 atom stereocenters. The van der Waals surface area contributed by atoms with Gasteiger partial charge in [0.05, 0.1) is 0 Å². The van der Waals surface area contributed by atoms with E-state index < -0.39 is 0 Å². The van der Waals surface area contributed by atoms with E-state index in [2.05, 4.69) is 65.8 Å². The van der Waals surface area contributed by atoms with E-state index in [0.29, 0.717) is 16.9 Å². The summed E-state index contributed by atoms with van der Waals surface area (Å²) in [5.74, 6) is 2.32. The number of carbonyl (C=O) groups is 1. The first-order valence-electron chi connectivity index (χ1n) is 12.8. The van der Waals surface area contributed by atoms with Crippen LogP contribution in [0.1, 0.15) is 75.9 Å². The fraction of sp³-hybridized carbons (Fsp3) is 0.303. The minimum Gasteiger partial charge on any atom is -0.488 e. The summed E-state index contributed by atoms with van der Waals surface area (Å²) in [6.07, 6.45) is 1.98. The molecule has 0 bridgehead atoms. The van der Waals surface area contributed by atoms with Crippen molar-refractivity contribution in [3.63, 3.8) is 0 Å². The molecule has 0 saturated carbocycles. The predicted octanol–water partition coefficient (Wildman–Crippen LogP) is 9.12. The average molecular weight is 481 g/mol. The van der Waals surface area contributed by atoms with Crippen molar-refractivity contribution in [1.82, 2.24) is 0 Å². The molecule has 0 N–H and O–H groups in total. The van der Waals surface area contributed by atoms with Crippen LogP contribution in [-0.4, -0.2) is 11.4 Å². The van der Waals surface area contributed by atoms with E-state index in [-0.39, 0.29) is 16.8 Å². The van der Waals surface area contributed by atoms with E-state index in [4.69, 9.17) is 9.47 Å². The number of benzene rings is 4. The zero-order valence-corrected chi connectivity index (χ0v) is 22.2. The summed E-state index contributed by atoms with van der Waals surface area (Å²) in [7, 11) is 0. The van der Waals surface area contributed by atoms with Crippen molar-refractivity contribution < 1.29 is 14.3 Å². The minimum absolute atomic E-state index is 0.0115. The first-order chi connectivity index (χ1) is 17.1. The summed E-state index contributed by atoms with van der Waals surface area (Å²) in [4.78, 5) is 13.0. The van der Waals surface area contributed by atoms with E-state index in [1.54, 1.807) is 0 Å². The molecule has 3 nitrogen and oxygen atoms in total. The van der Waals surface area contributed by atoms with E-state index in [0.717, 1.165) is 35.1 Å². The molecule has 4 rings (SSSR count). The number of hydrogen-bond donors (Lipinski definition) is 0. The lowest BCUT2D eigenvalue weighted by Crippen LogP contribution is -2.26. The largest absolute Gasteiger partial charge is 0.488 e. The van der Waals surface area contributed by atoms with Crippen LogP contribution >= 0.6 is 0 Å². The molecule has 0 saturated heterocycles. The van der Waals surface area contributed by atoms with Gasteiger partial charge in [0.15, 0.2) is 5.78 Å². The number of hydrogen-bond acceptors (Lipinski definition) is 3. The summed E-state index contributed by atoms with van der Waals surface area (Å²) in [6, 6.07) is 27.4. The van der Waals surface area contributed by atoms with Gasteiger partial charge in [-0.1, -0.05) is 64.1 Å². The Morgan fingerprint density at radius 3 is 1.69 bits per heavy atom. The molecular formula is C33H36O3. The fourth-order valence-electron chi connectivity index (χ4n) is 3.97. The summed E-state index contributed by atoms with van der Waals surface area (Å²) in [5, 5.41) is 2.18. The van der Waals surface area contributed by atoms with Crippen LogP contribution in [0.15, 0.2) is 84.9 Å². The van der Waals surface area contributed by atoms with Crippen molar-refractivity contribution in [3.05, 3.63) is 102 Å². The highest BCUT2D eigenvalue weighted by Crippen LogP contribution is 2.31. The van der Waals surface area contributed by atoms with Gasteiger partial charge in [-0.15, -0.1) is 0 Å². The summed E-state index contributed by atoms with van der Waals surface area (Å²) in [6.45, 7) is 12.9. The molecule has 0 amide bonds. The Balaban J connectivity index is 1.45. The third-order valence-corrected chi connectivity index (χ3v) is 7.19. The molecule has 0 fully saturated rings. The maximum absolute atomic E-state index is 13.0. The standard InChI is InChI=1S/C33H36O3/c1-7-32(3,4)27-15-9-23(10-16-27)31(34)24-11-17-28(18-12-24)35-29-19-13-26-22-30(20-14-25(26)21-29)36-33(5,6)8-2/h9-22H,7-8H2,1-6H3. The molecule has 4 aromatic carbocycles. The molecule has 0 aliphatic carbocycles. The molecule has 186 valence electrons. The van der Waals surface area contributed by atoms with Gasteiger partial charge in [-0.2, -0.15) is 0 Å². The molecule has 4 aromatic rings. The van der Waals surface area contributed by atoms with Crippen molar-refractivity contribution >= 4 is 16.6 Å². The quantitative estimate of drug-likeness (QED) is 0.224. The van der Waals surface area contributed by atoms with E-state index in [1.165, 1.54) is 5.56 Å². The van der Waals surface area contributed by atoms with Crippen LogP contribution in [-0.2, 0) is 5.41 Å². The third-order valence-electron chi connectivity index (χ3n) is 7.19. The number of ether oxygens (including phenoxy) is 2. The zero-order valence-electron chi connectivity index (χ0n) is 22.2. The van der Waals surface area contributed by atoms with E-state index in [1.807, 2.05) is 60.7 Å². The lowest BCUT2D eigenvalue weighted by atomic mass is 9.82. The summed E-state index contributed by atoms with van der Waals surface area (Å²) < 4.78 is 12.2. The third kappa shape index (κ3) is 5.79. The van der Waals surface area contributed by atoms with Crippen LogP contribution < -0.4 is 9.47 Å². The van der Waals surface area contributed by atoms with Crippen LogP contribution in [0.25, 0.3) is 10.8 Å². The van der Waals surface area contributed by atoms with Gasteiger partial charge in [-0.3, -0.25) is 4.79 Å². The maximum Gasteiger partial charge on any atom is 0.193 e. The van der Waals surface area contributed by atoms with Gasteiger partial charge >= 0.3 is 0 Å². The Labute approximate surface area is 215 Å². The Bertz CT molecular complexity index is 1350. The Hall–Kier alpha value is -3.59. The summed E-state index contributed by atoms with van der Waals surface area (Å²) in [5.41, 5.74) is 2.49. The van der Waals surface area contributed by atoms with Gasteiger partial charge in [0, 0.05) is 11.1 Å². The SMILES string of the molecule is CCC(C)(C)Oc1ccc2cc(Oc3ccc(C(=O)c4ccc(C(C)(C)CC)cc4)cc3)ccc2c1. The van der Waals surface area contributed by atoms with Crippen molar-refractivity contribution in [2.24, 2.45) is 0 Å². The molecule has 3 heteroatoms.